The van der Waals surface area contributed by atoms with Crippen molar-refractivity contribution in [1.82, 2.24) is 4.90 Å². The first kappa shape index (κ1) is 16.6. The topological polar surface area (TPSA) is 49.9 Å². The van der Waals surface area contributed by atoms with Crippen molar-refractivity contribution in [3.05, 3.63) is 59.2 Å². The fraction of sp³-hybridized carbons (Fsp3) is 0.333. The molecule has 4 rings (SSSR count). The highest BCUT2D eigenvalue weighted by molar-refractivity contribution is 6.09. The average molecular weight is 350 g/mol. The van der Waals surface area contributed by atoms with Gasteiger partial charge in [0, 0.05) is 31.4 Å². The van der Waals surface area contributed by atoms with Gasteiger partial charge in [-0.15, -0.1) is 0 Å². The molecule has 2 aliphatic heterocycles. The van der Waals surface area contributed by atoms with E-state index >= 15 is 0 Å². The number of carbonyl (C=O) groups is 2. The minimum atomic E-state index is -0.669. The van der Waals surface area contributed by atoms with Crippen LogP contribution in [0.15, 0.2) is 42.5 Å². The number of likely N-dealkylation sites (N-methyl/N-ethyl adjacent to an activating group) is 1. The minimum absolute atomic E-state index is 0.0163. The standard InChI is InChI=1S/C21H22N2O3/c1-14-5-4-6-15(11-14)19(24)23-10-9-21(13-23)17-12-16(26-3)7-8-18(17)22(2)20(21)25/h4-8,11-12H,9-10,13H2,1-3H3/t21-/m0/s1. The normalized spacial score (nSPS) is 21.4. The van der Waals surface area contributed by atoms with Gasteiger partial charge in [-0.05, 0) is 49.2 Å². The molecule has 2 heterocycles. The minimum Gasteiger partial charge on any atom is -0.497 e. The molecule has 1 fully saturated rings. The summed E-state index contributed by atoms with van der Waals surface area (Å²) >= 11 is 0. The summed E-state index contributed by atoms with van der Waals surface area (Å²) in [6.07, 6.45) is 0.633. The summed E-state index contributed by atoms with van der Waals surface area (Å²) in [5.74, 6) is 0.771. The molecule has 2 aliphatic rings. The summed E-state index contributed by atoms with van der Waals surface area (Å²) in [5.41, 5.74) is 2.92. The number of benzene rings is 2. The summed E-state index contributed by atoms with van der Waals surface area (Å²) < 4.78 is 5.36. The number of methoxy groups -OCH3 is 1. The molecule has 26 heavy (non-hydrogen) atoms. The molecule has 0 aromatic heterocycles. The Hall–Kier alpha value is -2.82. The number of likely N-dealkylation sites (tertiary alicyclic amines) is 1. The van der Waals surface area contributed by atoms with Gasteiger partial charge in [0.05, 0.1) is 12.5 Å². The van der Waals surface area contributed by atoms with Crippen LogP contribution in [0.3, 0.4) is 0 Å². The van der Waals surface area contributed by atoms with Crippen LogP contribution in [0.4, 0.5) is 5.69 Å². The molecule has 5 heteroatoms. The van der Waals surface area contributed by atoms with Crippen molar-refractivity contribution in [2.75, 3.05) is 32.1 Å². The molecule has 0 radical (unpaired) electrons. The van der Waals surface area contributed by atoms with Gasteiger partial charge >= 0.3 is 0 Å². The fourth-order valence-electron chi connectivity index (χ4n) is 4.20. The van der Waals surface area contributed by atoms with Crippen molar-refractivity contribution in [3.63, 3.8) is 0 Å². The Morgan fingerprint density at radius 2 is 2.00 bits per heavy atom. The van der Waals surface area contributed by atoms with Crippen molar-refractivity contribution in [2.45, 2.75) is 18.8 Å². The van der Waals surface area contributed by atoms with Gasteiger partial charge in [0.2, 0.25) is 5.91 Å². The maximum atomic E-state index is 13.1. The molecular weight excluding hydrogens is 328 g/mol. The number of rotatable bonds is 2. The number of hydrogen-bond acceptors (Lipinski definition) is 3. The zero-order valence-corrected chi connectivity index (χ0v) is 15.3. The van der Waals surface area contributed by atoms with Gasteiger partial charge in [0.25, 0.3) is 5.91 Å². The molecule has 2 aromatic carbocycles. The van der Waals surface area contributed by atoms with Gasteiger partial charge in [-0.2, -0.15) is 0 Å². The average Bonchev–Trinajstić information content (AvgIpc) is 3.19. The summed E-state index contributed by atoms with van der Waals surface area (Å²) in [7, 11) is 3.42. The maximum Gasteiger partial charge on any atom is 0.253 e. The van der Waals surface area contributed by atoms with Gasteiger partial charge in [0.1, 0.15) is 5.75 Å². The third-order valence-corrected chi connectivity index (χ3v) is 5.62. The van der Waals surface area contributed by atoms with Crippen molar-refractivity contribution in [3.8, 4) is 5.75 Å². The van der Waals surface area contributed by atoms with Crippen LogP contribution in [-0.2, 0) is 10.2 Å². The largest absolute Gasteiger partial charge is 0.497 e. The van der Waals surface area contributed by atoms with Crippen LogP contribution >= 0.6 is 0 Å². The molecule has 0 aliphatic carbocycles. The lowest BCUT2D eigenvalue weighted by Crippen LogP contribution is -2.42. The zero-order chi connectivity index (χ0) is 18.5. The van der Waals surface area contributed by atoms with Gasteiger partial charge in [-0.25, -0.2) is 0 Å². The van der Waals surface area contributed by atoms with E-state index in [2.05, 4.69) is 0 Å². The Morgan fingerprint density at radius 3 is 2.73 bits per heavy atom. The lowest BCUT2D eigenvalue weighted by atomic mass is 9.81. The van der Waals surface area contributed by atoms with Crippen LogP contribution in [0.2, 0.25) is 0 Å². The Bertz CT molecular complexity index is 908. The van der Waals surface area contributed by atoms with Crippen LogP contribution < -0.4 is 9.64 Å². The SMILES string of the molecule is COc1ccc2c(c1)[C@@]1(CCN(C(=O)c3cccc(C)c3)C1)C(=O)N2C. The molecule has 1 saturated heterocycles. The number of amides is 2. The molecule has 1 spiro atoms. The molecule has 0 unspecified atom stereocenters. The predicted molar refractivity (Wildman–Crippen MR) is 99.8 cm³/mol. The summed E-state index contributed by atoms with van der Waals surface area (Å²) in [5, 5.41) is 0. The van der Waals surface area contributed by atoms with Gasteiger partial charge < -0.3 is 14.5 Å². The second-order valence-electron chi connectivity index (χ2n) is 7.18. The molecule has 134 valence electrons. The molecule has 1 atom stereocenters. The number of carbonyl (C=O) groups excluding carboxylic acids is 2. The summed E-state index contributed by atoms with van der Waals surface area (Å²) in [6.45, 7) is 2.95. The molecule has 0 saturated carbocycles. The second-order valence-corrected chi connectivity index (χ2v) is 7.18. The van der Waals surface area contributed by atoms with Crippen LogP contribution in [0.25, 0.3) is 0 Å². The number of anilines is 1. The molecule has 5 nitrogen and oxygen atoms in total. The Kier molecular flexibility index (Phi) is 3.75. The van der Waals surface area contributed by atoms with E-state index in [9.17, 15) is 9.59 Å². The van der Waals surface area contributed by atoms with E-state index < -0.39 is 5.41 Å². The van der Waals surface area contributed by atoms with E-state index in [1.807, 2.05) is 49.4 Å². The van der Waals surface area contributed by atoms with E-state index in [0.29, 0.717) is 25.1 Å². The van der Waals surface area contributed by atoms with Crippen LogP contribution in [0.1, 0.15) is 27.9 Å². The smallest absolute Gasteiger partial charge is 0.253 e. The van der Waals surface area contributed by atoms with E-state index in [1.54, 1.807) is 24.0 Å². The highest BCUT2D eigenvalue weighted by Gasteiger charge is 2.54. The van der Waals surface area contributed by atoms with Crippen molar-refractivity contribution >= 4 is 17.5 Å². The number of fused-ring (bicyclic) bond motifs is 2. The van der Waals surface area contributed by atoms with Gasteiger partial charge in [-0.1, -0.05) is 17.7 Å². The van der Waals surface area contributed by atoms with Crippen molar-refractivity contribution in [1.29, 1.82) is 0 Å². The first-order valence-electron chi connectivity index (χ1n) is 8.79. The van der Waals surface area contributed by atoms with Crippen LogP contribution in [-0.4, -0.2) is 44.0 Å². The van der Waals surface area contributed by atoms with E-state index in [-0.39, 0.29) is 11.8 Å². The number of ether oxygens (including phenoxy) is 1. The molecule has 2 amide bonds. The Morgan fingerprint density at radius 1 is 1.19 bits per heavy atom. The maximum absolute atomic E-state index is 13.1. The molecule has 0 N–H and O–H groups in total. The lowest BCUT2D eigenvalue weighted by molar-refractivity contribution is -0.122. The monoisotopic (exact) mass is 350 g/mol. The second kappa shape index (κ2) is 5.87. The third-order valence-electron chi connectivity index (χ3n) is 5.62. The zero-order valence-electron chi connectivity index (χ0n) is 15.3. The van der Waals surface area contributed by atoms with Crippen LogP contribution in [0, 0.1) is 6.92 Å². The van der Waals surface area contributed by atoms with E-state index in [4.69, 9.17) is 4.74 Å². The lowest BCUT2D eigenvalue weighted by Gasteiger charge is -2.23. The fourth-order valence-corrected chi connectivity index (χ4v) is 4.20. The molecule has 2 aromatic rings. The predicted octanol–water partition coefficient (Wildman–Crippen LogP) is 2.76. The first-order valence-corrected chi connectivity index (χ1v) is 8.79. The molecular formula is C21H22N2O3. The first-order chi connectivity index (χ1) is 12.5. The number of hydrogen-bond donors (Lipinski definition) is 0. The summed E-state index contributed by atoms with van der Waals surface area (Å²) in [4.78, 5) is 29.5. The molecule has 0 bridgehead atoms. The number of aryl methyl sites for hydroxylation is 1. The highest BCUT2D eigenvalue weighted by Crippen LogP contribution is 2.48. The summed E-state index contributed by atoms with van der Waals surface area (Å²) in [6, 6.07) is 13.3. The third kappa shape index (κ3) is 2.30. The Balaban J connectivity index is 1.69. The highest BCUT2D eigenvalue weighted by atomic mass is 16.5. The van der Waals surface area contributed by atoms with Crippen molar-refractivity contribution in [2.24, 2.45) is 0 Å². The van der Waals surface area contributed by atoms with Gasteiger partial charge in [0.15, 0.2) is 0 Å². The van der Waals surface area contributed by atoms with Crippen LogP contribution in [0.5, 0.6) is 5.75 Å². The van der Waals surface area contributed by atoms with Crippen molar-refractivity contribution < 1.29 is 14.3 Å². The number of nitrogens with zero attached hydrogens (tertiary/aromatic N) is 2. The van der Waals surface area contributed by atoms with E-state index in [1.165, 1.54) is 0 Å². The Labute approximate surface area is 153 Å². The van der Waals surface area contributed by atoms with Gasteiger partial charge in [-0.3, -0.25) is 9.59 Å². The van der Waals surface area contributed by atoms with E-state index in [0.717, 1.165) is 22.6 Å². The quantitative estimate of drug-likeness (QED) is 0.837.